The highest BCUT2D eigenvalue weighted by Gasteiger charge is 2.22. The Hall–Kier alpha value is -5.02. The third-order valence-corrected chi connectivity index (χ3v) is 5.73. The zero-order chi connectivity index (χ0) is 27.1. The molecule has 2 aromatic heterocycles. The van der Waals surface area contributed by atoms with E-state index < -0.39 is 17.9 Å². The molecule has 0 saturated carbocycles. The van der Waals surface area contributed by atoms with Crippen molar-refractivity contribution >= 4 is 40.1 Å². The minimum atomic E-state index is -0.881. The van der Waals surface area contributed by atoms with Crippen LogP contribution in [0, 0.1) is 12.3 Å². The molecule has 4 rings (SSSR count). The number of nitrogens with one attached hydrogen (secondary N) is 2. The molecular weight excluding hydrogens is 488 g/mol. The number of terminal acetylenes is 1. The van der Waals surface area contributed by atoms with E-state index in [-0.39, 0.29) is 25.2 Å². The molecule has 38 heavy (non-hydrogen) atoms. The molecule has 0 radical (unpaired) electrons. The molecule has 0 spiro atoms. The molecule has 0 bridgehead atoms. The summed E-state index contributed by atoms with van der Waals surface area (Å²) in [4.78, 5) is 41.1. The van der Waals surface area contributed by atoms with Crippen LogP contribution in [0.25, 0.3) is 22.6 Å². The lowest BCUT2D eigenvalue weighted by Crippen LogP contribution is -2.36. The average molecular weight is 515 g/mol. The van der Waals surface area contributed by atoms with Crippen LogP contribution in [0.3, 0.4) is 0 Å². The zero-order valence-corrected chi connectivity index (χ0v) is 20.4. The van der Waals surface area contributed by atoms with Crippen LogP contribution in [0.1, 0.15) is 29.6 Å². The summed E-state index contributed by atoms with van der Waals surface area (Å²) in [6, 6.07) is 12.9. The van der Waals surface area contributed by atoms with Crippen molar-refractivity contribution in [1.82, 2.24) is 19.9 Å². The second-order valence-corrected chi connectivity index (χ2v) is 8.45. The molecule has 1 unspecified atom stereocenters. The Morgan fingerprint density at radius 3 is 2.61 bits per heavy atom. The first kappa shape index (κ1) is 26.1. The molecule has 4 aromatic rings. The van der Waals surface area contributed by atoms with Gasteiger partial charge < -0.3 is 26.7 Å². The summed E-state index contributed by atoms with van der Waals surface area (Å²) < 4.78 is 6.69. The summed E-state index contributed by atoms with van der Waals surface area (Å²) in [5, 5.41) is 13.7. The Morgan fingerprint density at radius 1 is 1.11 bits per heavy atom. The largest absolute Gasteiger partial charge is 0.370 e. The van der Waals surface area contributed by atoms with E-state index in [2.05, 4.69) is 31.9 Å². The predicted octanol–water partition coefficient (Wildman–Crippen LogP) is 1.94. The Balaban J connectivity index is 1.53. The van der Waals surface area contributed by atoms with Gasteiger partial charge in [0.2, 0.25) is 17.6 Å². The van der Waals surface area contributed by atoms with Crippen molar-refractivity contribution in [3.8, 4) is 23.9 Å². The van der Waals surface area contributed by atoms with E-state index in [1.54, 1.807) is 28.8 Å². The predicted molar refractivity (Wildman–Crippen MR) is 141 cm³/mol. The van der Waals surface area contributed by atoms with Crippen molar-refractivity contribution in [1.29, 1.82) is 0 Å². The third-order valence-electron chi connectivity index (χ3n) is 5.73. The Kier molecular flexibility index (Phi) is 8.10. The quantitative estimate of drug-likeness (QED) is 0.125. The van der Waals surface area contributed by atoms with Gasteiger partial charge in [0.15, 0.2) is 17.3 Å². The highest BCUT2D eigenvalue weighted by atomic mass is 16.6. The number of benzene rings is 2. The van der Waals surface area contributed by atoms with Crippen molar-refractivity contribution in [2.45, 2.75) is 31.8 Å². The topological polar surface area (TPSA) is 184 Å². The van der Waals surface area contributed by atoms with E-state index in [9.17, 15) is 14.4 Å². The molecular formula is C26H26N8O4. The van der Waals surface area contributed by atoms with Crippen LogP contribution in [0.15, 0.2) is 53.2 Å². The fourth-order valence-corrected chi connectivity index (χ4v) is 3.76. The summed E-state index contributed by atoms with van der Waals surface area (Å²) in [5.74, 6) is 2.16. The van der Waals surface area contributed by atoms with E-state index in [0.29, 0.717) is 47.1 Å². The number of fused-ring (bicyclic) bond motifs is 1. The van der Waals surface area contributed by atoms with Crippen LogP contribution in [0.2, 0.25) is 0 Å². The van der Waals surface area contributed by atoms with Crippen LogP contribution in [-0.4, -0.2) is 50.0 Å². The Morgan fingerprint density at radius 2 is 1.87 bits per heavy atom. The second kappa shape index (κ2) is 11.8. The number of aromatic nitrogens is 4. The molecule has 12 nitrogen and oxygen atoms in total. The van der Waals surface area contributed by atoms with Gasteiger partial charge in [-0.25, -0.2) is 9.61 Å². The number of hydrogen-bond donors (Lipinski definition) is 4. The maximum atomic E-state index is 13.3. The van der Waals surface area contributed by atoms with Gasteiger partial charge in [0.1, 0.15) is 0 Å². The first-order chi connectivity index (χ1) is 18.4. The number of imidazole rings is 1. The monoisotopic (exact) mass is 514 g/mol. The van der Waals surface area contributed by atoms with Gasteiger partial charge in [0.05, 0.1) is 23.6 Å². The van der Waals surface area contributed by atoms with E-state index >= 15 is 0 Å². The third kappa shape index (κ3) is 6.03. The molecule has 12 heteroatoms. The molecule has 2 aromatic carbocycles. The van der Waals surface area contributed by atoms with Crippen LogP contribution < -0.4 is 22.1 Å². The standard InChI is InChI=1S/C26H26N8O4/c1-2-3-14-29-24-23(32-38-33-24)25-31-19-6-4-5-7-20(19)34(25)15-21(35)16-8-10-17(11-9-16)30-26(37)18(27)12-13-22(28)36/h1,4-11,18H,3,12-15,27H2,(H2,28,36)(H,29,33)(H,30,37). The minimum absolute atomic E-state index is 0.0137. The summed E-state index contributed by atoms with van der Waals surface area (Å²) in [7, 11) is 0. The van der Waals surface area contributed by atoms with Gasteiger partial charge in [-0.15, -0.1) is 12.3 Å². The van der Waals surface area contributed by atoms with Crippen molar-refractivity contribution in [2.24, 2.45) is 11.5 Å². The molecule has 6 N–H and O–H groups in total. The van der Waals surface area contributed by atoms with Gasteiger partial charge in [-0.2, -0.15) is 0 Å². The molecule has 0 aliphatic carbocycles. The number of nitrogens with zero attached hydrogens (tertiary/aromatic N) is 4. The van der Waals surface area contributed by atoms with Gasteiger partial charge >= 0.3 is 0 Å². The number of rotatable bonds is 12. The summed E-state index contributed by atoms with van der Waals surface area (Å²) in [6.07, 6.45) is 5.96. The fraction of sp³-hybridized carbons (Fsp3) is 0.231. The molecule has 194 valence electrons. The van der Waals surface area contributed by atoms with Gasteiger partial charge in [0.25, 0.3) is 0 Å². The fourth-order valence-electron chi connectivity index (χ4n) is 3.76. The minimum Gasteiger partial charge on any atom is -0.370 e. The number of amides is 2. The highest BCUT2D eigenvalue weighted by molar-refractivity contribution is 5.99. The van der Waals surface area contributed by atoms with Crippen molar-refractivity contribution < 1.29 is 19.0 Å². The van der Waals surface area contributed by atoms with Crippen molar-refractivity contribution in [3.63, 3.8) is 0 Å². The van der Waals surface area contributed by atoms with E-state index in [1.807, 2.05) is 24.3 Å². The first-order valence-corrected chi connectivity index (χ1v) is 11.8. The van der Waals surface area contributed by atoms with Gasteiger partial charge in [-0.3, -0.25) is 14.4 Å². The molecule has 2 heterocycles. The molecule has 2 amide bonds. The number of ketones is 1. The molecule has 0 saturated heterocycles. The normalized spacial score (nSPS) is 11.6. The number of para-hydroxylation sites is 2. The number of hydrogen-bond acceptors (Lipinski definition) is 9. The SMILES string of the molecule is C#CCCNc1nonc1-c1nc2ccccc2n1CC(=O)c1ccc(NC(=O)C(N)CCC(N)=O)cc1. The molecule has 0 fully saturated rings. The second-order valence-electron chi connectivity index (χ2n) is 8.45. The highest BCUT2D eigenvalue weighted by Crippen LogP contribution is 2.28. The number of carbonyl (C=O) groups is 3. The smallest absolute Gasteiger partial charge is 0.241 e. The van der Waals surface area contributed by atoms with Crippen LogP contribution in [0.5, 0.6) is 0 Å². The average Bonchev–Trinajstić information content (AvgIpc) is 3.52. The number of carbonyl (C=O) groups excluding carboxylic acids is 3. The molecule has 1 atom stereocenters. The van der Waals surface area contributed by atoms with Gasteiger partial charge in [-0.1, -0.05) is 12.1 Å². The van der Waals surface area contributed by atoms with Crippen molar-refractivity contribution in [2.75, 3.05) is 17.2 Å². The molecule has 0 aliphatic heterocycles. The number of Topliss-reactive ketones (excluding diaryl/α,β-unsaturated/α-hetero) is 1. The maximum absolute atomic E-state index is 13.3. The van der Waals surface area contributed by atoms with Crippen molar-refractivity contribution in [3.05, 3.63) is 54.1 Å². The lowest BCUT2D eigenvalue weighted by molar-refractivity contribution is -0.119. The summed E-state index contributed by atoms with van der Waals surface area (Å²) >= 11 is 0. The number of nitrogens with two attached hydrogens (primary N) is 2. The Labute approximate surface area is 217 Å². The Bertz CT molecular complexity index is 1500. The number of primary amides is 1. The molecule has 0 aliphatic rings. The lowest BCUT2D eigenvalue weighted by atomic mass is 10.1. The lowest BCUT2D eigenvalue weighted by Gasteiger charge is -2.12. The summed E-state index contributed by atoms with van der Waals surface area (Å²) in [5.41, 5.74) is 13.6. The van der Waals surface area contributed by atoms with Crippen LogP contribution >= 0.6 is 0 Å². The maximum Gasteiger partial charge on any atom is 0.241 e. The van der Waals surface area contributed by atoms with E-state index in [1.165, 1.54) is 0 Å². The van der Waals surface area contributed by atoms with Crippen LogP contribution in [0.4, 0.5) is 11.5 Å². The summed E-state index contributed by atoms with van der Waals surface area (Å²) in [6.45, 7) is 0.437. The van der Waals surface area contributed by atoms with E-state index in [0.717, 1.165) is 5.52 Å². The van der Waals surface area contributed by atoms with Crippen LogP contribution in [-0.2, 0) is 16.1 Å². The van der Waals surface area contributed by atoms with Gasteiger partial charge in [-0.05, 0) is 53.1 Å². The zero-order valence-electron chi connectivity index (χ0n) is 20.4. The first-order valence-electron chi connectivity index (χ1n) is 11.8. The number of anilines is 2. The van der Waals surface area contributed by atoms with Gasteiger partial charge in [0, 0.05) is 30.6 Å². The van der Waals surface area contributed by atoms with E-state index in [4.69, 9.17) is 22.5 Å².